The Hall–Kier alpha value is -1.10. The van der Waals surface area contributed by atoms with Crippen molar-refractivity contribution >= 4 is 11.8 Å². The SMILES string of the molecule is CCN(CC)C(=O)CCC(=O)N1CCCC1CNC. The van der Waals surface area contributed by atoms with Crippen molar-refractivity contribution in [2.45, 2.75) is 45.6 Å². The van der Waals surface area contributed by atoms with Crippen LogP contribution in [0.25, 0.3) is 0 Å². The minimum Gasteiger partial charge on any atom is -0.343 e. The Morgan fingerprint density at radius 3 is 2.53 bits per heavy atom. The van der Waals surface area contributed by atoms with Crippen molar-refractivity contribution in [2.24, 2.45) is 0 Å². The number of carbonyl (C=O) groups excluding carboxylic acids is 2. The highest BCUT2D eigenvalue weighted by Crippen LogP contribution is 2.18. The molecule has 5 nitrogen and oxygen atoms in total. The van der Waals surface area contributed by atoms with E-state index in [9.17, 15) is 9.59 Å². The van der Waals surface area contributed by atoms with Gasteiger partial charge in [0, 0.05) is 45.1 Å². The summed E-state index contributed by atoms with van der Waals surface area (Å²) < 4.78 is 0. The van der Waals surface area contributed by atoms with Gasteiger partial charge in [0.1, 0.15) is 0 Å². The van der Waals surface area contributed by atoms with Gasteiger partial charge >= 0.3 is 0 Å². The second-order valence-corrected chi connectivity index (χ2v) is 5.01. The Morgan fingerprint density at radius 2 is 1.95 bits per heavy atom. The Labute approximate surface area is 116 Å². The molecule has 1 N–H and O–H groups in total. The molecule has 1 fully saturated rings. The number of amides is 2. The lowest BCUT2D eigenvalue weighted by molar-refractivity contribution is -0.137. The number of likely N-dealkylation sites (tertiary alicyclic amines) is 1. The van der Waals surface area contributed by atoms with Gasteiger partial charge in [-0.1, -0.05) is 0 Å². The van der Waals surface area contributed by atoms with Crippen LogP contribution in [0.2, 0.25) is 0 Å². The van der Waals surface area contributed by atoms with Gasteiger partial charge in [-0.15, -0.1) is 0 Å². The summed E-state index contributed by atoms with van der Waals surface area (Å²) in [6.45, 7) is 7.05. The molecule has 1 heterocycles. The Balaban J connectivity index is 2.40. The summed E-state index contributed by atoms with van der Waals surface area (Å²) in [6, 6.07) is 0.307. The first-order valence-corrected chi connectivity index (χ1v) is 7.35. The molecule has 1 unspecified atom stereocenters. The molecular formula is C14H27N3O2. The number of rotatable bonds is 7. The molecule has 1 saturated heterocycles. The minimum atomic E-state index is 0.0858. The molecule has 1 rings (SSSR count). The topological polar surface area (TPSA) is 52.7 Å². The van der Waals surface area contributed by atoms with Crippen LogP contribution >= 0.6 is 0 Å². The van der Waals surface area contributed by atoms with E-state index in [2.05, 4.69) is 5.32 Å². The Kier molecular flexibility index (Phi) is 6.84. The van der Waals surface area contributed by atoms with Crippen LogP contribution < -0.4 is 5.32 Å². The molecule has 0 spiro atoms. The van der Waals surface area contributed by atoms with E-state index in [4.69, 9.17) is 0 Å². The van der Waals surface area contributed by atoms with E-state index in [-0.39, 0.29) is 11.8 Å². The van der Waals surface area contributed by atoms with Gasteiger partial charge in [-0.3, -0.25) is 9.59 Å². The van der Waals surface area contributed by atoms with Gasteiger partial charge in [0.2, 0.25) is 11.8 Å². The monoisotopic (exact) mass is 269 g/mol. The summed E-state index contributed by atoms with van der Waals surface area (Å²) in [4.78, 5) is 27.8. The molecule has 0 aromatic heterocycles. The lowest BCUT2D eigenvalue weighted by atomic mass is 10.2. The van der Waals surface area contributed by atoms with Crippen molar-refractivity contribution < 1.29 is 9.59 Å². The lowest BCUT2D eigenvalue weighted by Gasteiger charge is -2.25. The summed E-state index contributed by atoms with van der Waals surface area (Å²) in [5.74, 6) is 0.209. The molecule has 1 aliphatic heterocycles. The number of hydrogen-bond donors (Lipinski definition) is 1. The van der Waals surface area contributed by atoms with Gasteiger partial charge in [0.15, 0.2) is 0 Å². The van der Waals surface area contributed by atoms with Crippen molar-refractivity contribution in [1.29, 1.82) is 0 Å². The third kappa shape index (κ3) is 4.49. The molecular weight excluding hydrogens is 242 g/mol. The number of nitrogens with one attached hydrogen (secondary N) is 1. The summed E-state index contributed by atoms with van der Waals surface area (Å²) in [6.07, 6.45) is 2.82. The summed E-state index contributed by atoms with van der Waals surface area (Å²) in [5.41, 5.74) is 0. The van der Waals surface area contributed by atoms with Crippen LogP contribution in [-0.4, -0.2) is 60.9 Å². The Bertz CT molecular complexity index is 303. The van der Waals surface area contributed by atoms with E-state index >= 15 is 0 Å². The van der Waals surface area contributed by atoms with Gasteiger partial charge in [-0.05, 0) is 33.7 Å². The van der Waals surface area contributed by atoms with Crippen molar-refractivity contribution in [3.8, 4) is 0 Å². The number of carbonyl (C=O) groups is 2. The van der Waals surface area contributed by atoms with Gasteiger partial charge in [-0.25, -0.2) is 0 Å². The van der Waals surface area contributed by atoms with Crippen LogP contribution in [0.1, 0.15) is 39.5 Å². The van der Waals surface area contributed by atoms with E-state index in [1.165, 1.54) is 0 Å². The third-order valence-electron chi connectivity index (χ3n) is 3.81. The van der Waals surface area contributed by atoms with Crippen LogP contribution in [0.15, 0.2) is 0 Å². The van der Waals surface area contributed by atoms with Crippen molar-refractivity contribution in [3.63, 3.8) is 0 Å². The van der Waals surface area contributed by atoms with E-state index in [1.807, 2.05) is 25.8 Å². The molecule has 0 aliphatic carbocycles. The fraction of sp³-hybridized carbons (Fsp3) is 0.857. The first-order chi connectivity index (χ1) is 9.13. The molecule has 2 amide bonds. The predicted molar refractivity (Wildman–Crippen MR) is 75.8 cm³/mol. The second kappa shape index (κ2) is 8.15. The fourth-order valence-corrected chi connectivity index (χ4v) is 2.70. The maximum Gasteiger partial charge on any atom is 0.223 e. The molecule has 0 aromatic carbocycles. The quantitative estimate of drug-likeness (QED) is 0.745. The van der Waals surface area contributed by atoms with E-state index in [0.717, 1.165) is 39.0 Å². The average Bonchev–Trinajstić information content (AvgIpc) is 2.86. The maximum absolute atomic E-state index is 12.2. The van der Waals surface area contributed by atoms with E-state index < -0.39 is 0 Å². The van der Waals surface area contributed by atoms with Crippen LogP contribution in [-0.2, 0) is 9.59 Å². The first-order valence-electron chi connectivity index (χ1n) is 7.35. The number of nitrogens with zero attached hydrogens (tertiary/aromatic N) is 2. The standard InChI is InChI=1S/C14H27N3O2/c1-4-16(5-2)13(18)8-9-14(19)17-10-6-7-12(17)11-15-3/h12,15H,4-11H2,1-3H3. The highest BCUT2D eigenvalue weighted by Gasteiger charge is 2.28. The normalized spacial score (nSPS) is 18.7. The van der Waals surface area contributed by atoms with Crippen LogP contribution in [0.5, 0.6) is 0 Å². The van der Waals surface area contributed by atoms with Crippen LogP contribution in [0, 0.1) is 0 Å². The summed E-state index contributed by atoms with van der Waals surface area (Å²) in [7, 11) is 1.91. The smallest absolute Gasteiger partial charge is 0.223 e. The molecule has 0 aromatic rings. The van der Waals surface area contributed by atoms with Crippen molar-refractivity contribution in [1.82, 2.24) is 15.1 Å². The Morgan fingerprint density at radius 1 is 1.26 bits per heavy atom. The molecule has 0 radical (unpaired) electrons. The maximum atomic E-state index is 12.2. The molecule has 0 saturated carbocycles. The zero-order valence-corrected chi connectivity index (χ0v) is 12.4. The van der Waals surface area contributed by atoms with Gasteiger partial charge < -0.3 is 15.1 Å². The number of likely N-dealkylation sites (N-methyl/N-ethyl adjacent to an activating group) is 1. The third-order valence-corrected chi connectivity index (χ3v) is 3.81. The molecule has 1 aliphatic rings. The average molecular weight is 269 g/mol. The van der Waals surface area contributed by atoms with Gasteiger partial charge in [0.05, 0.1) is 0 Å². The van der Waals surface area contributed by atoms with Crippen LogP contribution in [0.3, 0.4) is 0 Å². The second-order valence-electron chi connectivity index (χ2n) is 5.01. The largest absolute Gasteiger partial charge is 0.343 e. The van der Waals surface area contributed by atoms with Crippen LogP contribution in [0.4, 0.5) is 0 Å². The summed E-state index contributed by atoms with van der Waals surface area (Å²) in [5, 5.41) is 3.13. The van der Waals surface area contributed by atoms with E-state index in [1.54, 1.807) is 4.90 Å². The number of hydrogen-bond acceptors (Lipinski definition) is 3. The van der Waals surface area contributed by atoms with Gasteiger partial charge in [-0.2, -0.15) is 0 Å². The van der Waals surface area contributed by atoms with E-state index in [0.29, 0.717) is 18.9 Å². The highest BCUT2D eigenvalue weighted by atomic mass is 16.2. The molecule has 19 heavy (non-hydrogen) atoms. The zero-order valence-electron chi connectivity index (χ0n) is 12.4. The zero-order chi connectivity index (χ0) is 14.3. The van der Waals surface area contributed by atoms with Crippen molar-refractivity contribution in [3.05, 3.63) is 0 Å². The summed E-state index contributed by atoms with van der Waals surface area (Å²) >= 11 is 0. The first kappa shape index (κ1) is 16.0. The van der Waals surface area contributed by atoms with Gasteiger partial charge in [0.25, 0.3) is 0 Å². The fourth-order valence-electron chi connectivity index (χ4n) is 2.70. The molecule has 5 heteroatoms. The molecule has 110 valence electrons. The van der Waals surface area contributed by atoms with Crippen molar-refractivity contribution in [2.75, 3.05) is 33.2 Å². The minimum absolute atomic E-state index is 0.0858. The predicted octanol–water partition coefficient (Wildman–Crippen LogP) is 0.845. The lowest BCUT2D eigenvalue weighted by Crippen LogP contribution is -2.41. The molecule has 0 bridgehead atoms. The molecule has 1 atom stereocenters. The highest BCUT2D eigenvalue weighted by molar-refractivity contribution is 5.84.